The maximum absolute atomic E-state index is 11.6. The average molecular weight is 246 g/mol. The van der Waals surface area contributed by atoms with Gasteiger partial charge in [-0.15, -0.1) is 0 Å². The minimum Gasteiger partial charge on any atom is -0.464 e. The van der Waals surface area contributed by atoms with Crippen LogP contribution in [0.25, 0.3) is 10.9 Å². The largest absolute Gasteiger partial charge is 0.464 e. The van der Waals surface area contributed by atoms with Gasteiger partial charge in [0.05, 0.1) is 7.11 Å². The molecule has 0 amide bonds. The van der Waals surface area contributed by atoms with Gasteiger partial charge in [0.2, 0.25) is 0 Å². The minimum atomic E-state index is -0.380. The number of aryl methyl sites for hydroxylation is 1. The van der Waals surface area contributed by atoms with E-state index in [4.69, 9.17) is 15.9 Å². The van der Waals surface area contributed by atoms with Crippen LogP contribution in [0.5, 0.6) is 0 Å². The third-order valence-corrected chi connectivity index (χ3v) is 2.72. The number of hydrogen-bond donors (Lipinski definition) is 3. The molecule has 6 heteroatoms. The van der Waals surface area contributed by atoms with Gasteiger partial charge in [-0.2, -0.15) is 0 Å². The summed E-state index contributed by atoms with van der Waals surface area (Å²) < 4.78 is 6.47. The van der Waals surface area contributed by atoms with Crippen molar-refractivity contribution in [1.82, 2.24) is 4.57 Å². The minimum absolute atomic E-state index is 0.126. The molecule has 0 saturated heterocycles. The Morgan fingerprint density at radius 2 is 2.17 bits per heavy atom. The average Bonchev–Trinajstić information content (AvgIpc) is 2.65. The van der Waals surface area contributed by atoms with Crippen LogP contribution in [-0.4, -0.2) is 23.6 Å². The first-order valence-corrected chi connectivity index (χ1v) is 5.31. The summed E-state index contributed by atoms with van der Waals surface area (Å²) in [6.45, 7) is 0. The quantitative estimate of drug-likeness (QED) is 0.422. The predicted octanol–water partition coefficient (Wildman–Crippen LogP) is 1.27. The number of nitrogens with zero attached hydrogens (tertiary/aromatic N) is 1. The van der Waals surface area contributed by atoms with Crippen molar-refractivity contribution in [1.29, 1.82) is 5.41 Å². The van der Waals surface area contributed by atoms with Crippen LogP contribution in [0, 0.1) is 5.41 Å². The van der Waals surface area contributed by atoms with E-state index >= 15 is 0 Å². The summed E-state index contributed by atoms with van der Waals surface area (Å²) in [5.74, 6) is -0.506. The number of carbonyl (C=O) groups is 1. The highest BCUT2D eigenvalue weighted by atomic mass is 16.5. The number of hydrogen-bond acceptors (Lipinski definition) is 3. The first-order chi connectivity index (χ1) is 8.52. The van der Waals surface area contributed by atoms with E-state index in [0.717, 1.165) is 10.9 Å². The monoisotopic (exact) mass is 246 g/mol. The van der Waals surface area contributed by atoms with Gasteiger partial charge in [-0.05, 0) is 24.3 Å². The number of ether oxygens (including phenoxy) is 1. The Kier molecular flexibility index (Phi) is 2.93. The summed E-state index contributed by atoms with van der Waals surface area (Å²) in [6.07, 6.45) is 0. The molecule has 0 fully saturated rings. The molecule has 0 bridgehead atoms. The molecular weight excluding hydrogens is 232 g/mol. The number of guanidine groups is 1. The van der Waals surface area contributed by atoms with Crippen LogP contribution in [0.1, 0.15) is 10.5 Å². The number of nitrogens with one attached hydrogen (secondary N) is 2. The van der Waals surface area contributed by atoms with Crippen LogP contribution < -0.4 is 11.1 Å². The topological polar surface area (TPSA) is 93.1 Å². The molecule has 18 heavy (non-hydrogen) atoms. The summed E-state index contributed by atoms with van der Waals surface area (Å²) in [4.78, 5) is 11.6. The van der Waals surface area contributed by atoms with Gasteiger partial charge in [-0.25, -0.2) is 4.79 Å². The third-order valence-electron chi connectivity index (χ3n) is 2.72. The summed E-state index contributed by atoms with van der Waals surface area (Å²) >= 11 is 0. The van der Waals surface area contributed by atoms with E-state index in [-0.39, 0.29) is 11.9 Å². The molecule has 1 aromatic heterocycles. The van der Waals surface area contributed by atoms with Crippen LogP contribution in [-0.2, 0) is 11.8 Å². The number of rotatable bonds is 2. The molecule has 0 spiro atoms. The standard InChI is InChI=1S/C12H14N4O2/c1-16-9-4-3-8(15-12(13)14)5-7(9)6-10(16)11(17)18-2/h3-6H,1-2H3,(H4,13,14,15). The molecule has 0 saturated carbocycles. The van der Waals surface area contributed by atoms with E-state index in [9.17, 15) is 4.79 Å². The highest BCUT2D eigenvalue weighted by Gasteiger charge is 2.13. The molecule has 0 atom stereocenters. The Morgan fingerprint density at radius 1 is 1.44 bits per heavy atom. The lowest BCUT2D eigenvalue weighted by molar-refractivity contribution is 0.0590. The van der Waals surface area contributed by atoms with Crippen molar-refractivity contribution >= 4 is 28.5 Å². The number of fused-ring (bicyclic) bond motifs is 1. The molecule has 0 aliphatic heterocycles. The normalized spacial score (nSPS) is 10.3. The van der Waals surface area contributed by atoms with Crippen molar-refractivity contribution in [3.63, 3.8) is 0 Å². The van der Waals surface area contributed by atoms with Gasteiger partial charge in [-0.1, -0.05) is 0 Å². The van der Waals surface area contributed by atoms with Gasteiger partial charge in [0.25, 0.3) is 0 Å². The van der Waals surface area contributed by atoms with E-state index in [1.807, 2.05) is 12.1 Å². The first-order valence-electron chi connectivity index (χ1n) is 5.31. The van der Waals surface area contributed by atoms with Crippen molar-refractivity contribution in [2.24, 2.45) is 12.8 Å². The van der Waals surface area contributed by atoms with Crippen LogP contribution in [0.4, 0.5) is 5.69 Å². The maximum Gasteiger partial charge on any atom is 0.354 e. The zero-order valence-corrected chi connectivity index (χ0v) is 10.2. The Hall–Kier alpha value is -2.50. The summed E-state index contributed by atoms with van der Waals surface area (Å²) in [7, 11) is 3.15. The predicted molar refractivity (Wildman–Crippen MR) is 69.8 cm³/mol. The number of benzene rings is 1. The molecule has 0 radical (unpaired) electrons. The summed E-state index contributed by atoms with van der Waals surface area (Å²) in [6, 6.07) is 7.22. The molecule has 4 N–H and O–H groups in total. The second-order valence-corrected chi connectivity index (χ2v) is 3.89. The number of anilines is 1. The highest BCUT2D eigenvalue weighted by Crippen LogP contribution is 2.22. The zero-order chi connectivity index (χ0) is 13.3. The van der Waals surface area contributed by atoms with E-state index < -0.39 is 0 Å². The number of esters is 1. The van der Waals surface area contributed by atoms with Crippen LogP contribution in [0.3, 0.4) is 0 Å². The second-order valence-electron chi connectivity index (χ2n) is 3.89. The molecule has 2 rings (SSSR count). The van der Waals surface area contributed by atoms with Gasteiger partial charge in [0, 0.05) is 23.6 Å². The summed E-state index contributed by atoms with van der Waals surface area (Å²) in [5.41, 5.74) is 7.36. The Morgan fingerprint density at radius 3 is 2.78 bits per heavy atom. The van der Waals surface area contributed by atoms with Crippen LogP contribution in [0.2, 0.25) is 0 Å². The Bertz CT molecular complexity index is 630. The van der Waals surface area contributed by atoms with E-state index in [0.29, 0.717) is 11.4 Å². The van der Waals surface area contributed by atoms with Gasteiger partial charge in [-0.3, -0.25) is 5.41 Å². The number of nitrogens with two attached hydrogens (primary N) is 1. The molecule has 1 aromatic carbocycles. The van der Waals surface area contributed by atoms with E-state index in [1.165, 1.54) is 7.11 Å². The summed E-state index contributed by atoms with van der Waals surface area (Å²) in [5, 5.41) is 10.8. The molecule has 2 aromatic rings. The maximum atomic E-state index is 11.6. The first kappa shape index (κ1) is 12.0. The zero-order valence-electron chi connectivity index (χ0n) is 10.2. The molecule has 0 aliphatic carbocycles. The Labute approximate surface area is 104 Å². The van der Waals surface area contributed by atoms with Gasteiger partial charge < -0.3 is 20.4 Å². The van der Waals surface area contributed by atoms with E-state index in [2.05, 4.69) is 5.32 Å². The molecule has 0 unspecified atom stereocenters. The lowest BCUT2D eigenvalue weighted by Crippen LogP contribution is -2.20. The van der Waals surface area contributed by atoms with Crippen molar-refractivity contribution < 1.29 is 9.53 Å². The molecule has 1 heterocycles. The van der Waals surface area contributed by atoms with Gasteiger partial charge >= 0.3 is 5.97 Å². The smallest absolute Gasteiger partial charge is 0.354 e. The fraction of sp³-hybridized carbons (Fsp3) is 0.167. The number of carbonyl (C=O) groups excluding carboxylic acids is 1. The van der Waals surface area contributed by atoms with Gasteiger partial charge in [0.1, 0.15) is 5.69 Å². The fourth-order valence-corrected chi connectivity index (χ4v) is 1.88. The van der Waals surface area contributed by atoms with Crippen molar-refractivity contribution in [3.05, 3.63) is 30.0 Å². The van der Waals surface area contributed by atoms with Gasteiger partial charge in [0.15, 0.2) is 5.96 Å². The highest BCUT2D eigenvalue weighted by molar-refractivity contribution is 5.98. The second kappa shape index (κ2) is 4.40. The molecule has 6 nitrogen and oxygen atoms in total. The van der Waals surface area contributed by atoms with Crippen molar-refractivity contribution in [3.8, 4) is 0 Å². The lowest BCUT2D eigenvalue weighted by Gasteiger charge is -2.04. The Balaban J connectivity index is 2.51. The van der Waals surface area contributed by atoms with Crippen LogP contribution >= 0.6 is 0 Å². The van der Waals surface area contributed by atoms with E-state index in [1.54, 1.807) is 23.7 Å². The third kappa shape index (κ3) is 2.00. The van der Waals surface area contributed by atoms with Crippen LogP contribution in [0.15, 0.2) is 24.3 Å². The molecule has 94 valence electrons. The SMILES string of the molecule is COC(=O)c1cc2cc(NC(=N)N)ccc2n1C. The van der Waals surface area contributed by atoms with Crippen molar-refractivity contribution in [2.45, 2.75) is 0 Å². The lowest BCUT2D eigenvalue weighted by atomic mass is 10.2. The molecule has 0 aliphatic rings. The van der Waals surface area contributed by atoms with Crippen molar-refractivity contribution in [2.75, 3.05) is 12.4 Å². The fourth-order valence-electron chi connectivity index (χ4n) is 1.88. The number of methoxy groups -OCH3 is 1. The molecular formula is C12H14N4O2. The number of aromatic nitrogens is 1.